The number of nitrogens with two attached hydrogens (primary N) is 1. The number of ether oxygens (including phenoxy) is 1. The molecule has 3 N–H and O–H groups in total. The second-order valence-corrected chi connectivity index (χ2v) is 3.97. The Kier molecular flexibility index (Phi) is 4.12. The predicted octanol–water partition coefficient (Wildman–Crippen LogP) is 1.77. The lowest BCUT2D eigenvalue weighted by Crippen LogP contribution is -2.13. The van der Waals surface area contributed by atoms with E-state index in [0.29, 0.717) is 6.61 Å². The van der Waals surface area contributed by atoms with E-state index in [9.17, 15) is 0 Å². The van der Waals surface area contributed by atoms with Gasteiger partial charge in [0.15, 0.2) is 0 Å². The van der Waals surface area contributed by atoms with Gasteiger partial charge in [0.1, 0.15) is 12.4 Å². The summed E-state index contributed by atoms with van der Waals surface area (Å²) >= 11 is 0. The van der Waals surface area contributed by atoms with Crippen molar-refractivity contribution in [2.75, 3.05) is 6.61 Å². The van der Waals surface area contributed by atoms with E-state index in [1.54, 1.807) is 6.92 Å². The molecular weight excluding hydrogens is 190 g/mol. The third-order valence-corrected chi connectivity index (χ3v) is 2.20. The van der Waals surface area contributed by atoms with Gasteiger partial charge in [0.2, 0.25) is 0 Å². The van der Waals surface area contributed by atoms with Gasteiger partial charge in [-0.05, 0) is 38.0 Å². The van der Waals surface area contributed by atoms with Crippen LogP contribution in [0.4, 0.5) is 0 Å². The highest BCUT2D eigenvalue weighted by molar-refractivity contribution is 5.37. The van der Waals surface area contributed by atoms with Gasteiger partial charge in [-0.2, -0.15) is 0 Å². The molecule has 0 bridgehead atoms. The number of aliphatic hydroxyl groups excluding tert-OH is 1. The van der Waals surface area contributed by atoms with Crippen LogP contribution in [0.2, 0.25) is 0 Å². The number of benzene rings is 1. The predicted molar refractivity (Wildman–Crippen MR) is 61.0 cm³/mol. The summed E-state index contributed by atoms with van der Waals surface area (Å²) in [6.45, 7) is 5.94. The van der Waals surface area contributed by atoms with Gasteiger partial charge in [0.25, 0.3) is 0 Å². The molecule has 0 aliphatic heterocycles. The Morgan fingerprint density at radius 1 is 1.40 bits per heavy atom. The monoisotopic (exact) mass is 209 g/mol. The molecular formula is C12H19NO2. The van der Waals surface area contributed by atoms with Gasteiger partial charge >= 0.3 is 0 Å². The molecule has 0 amide bonds. The van der Waals surface area contributed by atoms with Crippen molar-refractivity contribution in [1.29, 1.82) is 0 Å². The zero-order chi connectivity index (χ0) is 11.4. The molecule has 15 heavy (non-hydrogen) atoms. The quantitative estimate of drug-likeness (QED) is 0.794. The molecule has 2 atom stereocenters. The van der Waals surface area contributed by atoms with Crippen LogP contribution in [0.3, 0.4) is 0 Å². The van der Waals surface area contributed by atoms with Crippen LogP contribution in [0.15, 0.2) is 18.2 Å². The average molecular weight is 209 g/mol. The fourth-order valence-corrected chi connectivity index (χ4v) is 1.33. The Bertz CT molecular complexity index is 321. The molecule has 84 valence electrons. The summed E-state index contributed by atoms with van der Waals surface area (Å²) in [4.78, 5) is 0. The highest BCUT2D eigenvalue weighted by atomic mass is 16.5. The third-order valence-electron chi connectivity index (χ3n) is 2.20. The first-order valence-corrected chi connectivity index (χ1v) is 5.17. The lowest BCUT2D eigenvalue weighted by atomic mass is 10.1. The van der Waals surface area contributed by atoms with Gasteiger partial charge in [0.05, 0.1) is 6.10 Å². The van der Waals surface area contributed by atoms with Gasteiger partial charge in [-0.25, -0.2) is 0 Å². The molecule has 1 aromatic carbocycles. The van der Waals surface area contributed by atoms with E-state index in [1.165, 1.54) is 0 Å². The number of rotatable bonds is 4. The Morgan fingerprint density at radius 3 is 2.53 bits per heavy atom. The van der Waals surface area contributed by atoms with Crippen LogP contribution in [-0.2, 0) is 0 Å². The normalized spacial score (nSPS) is 14.7. The van der Waals surface area contributed by atoms with Crippen LogP contribution in [0.1, 0.15) is 31.0 Å². The fourth-order valence-electron chi connectivity index (χ4n) is 1.33. The molecule has 0 aliphatic carbocycles. The van der Waals surface area contributed by atoms with Crippen molar-refractivity contribution >= 4 is 0 Å². The Balaban J connectivity index is 2.75. The minimum Gasteiger partial charge on any atom is -0.491 e. The van der Waals surface area contributed by atoms with Gasteiger partial charge in [-0.3, -0.25) is 0 Å². The molecule has 0 radical (unpaired) electrons. The molecule has 0 saturated heterocycles. The van der Waals surface area contributed by atoms with Crippen LogP contribution >= 0.6 is 0 Å². The zero-order valence-electron chi connectivity index (χ0n) is 9.53. The van der Waals surface area contributed by atoms with E-state index in [-0.39, 0.29) is 6.04 Å². The van der Waals surface area contributed by atoms with Crippen molar-refractivity contribution < 1.29 is 9.84 Å². The maximum Gasteiger partial charge on any atom is 0.122 e. The van der Waals surface area contributed by atoms with Crippen molar-refractivity contribution in [2.45, 2.75) is 32.9 Å². The maximum absolute atomic E-state index is 9.10. The van der Waals surface area contributed by atoms with Crippen molar-refractivity contribution in [3.63, 3.8) is 0 Å². The lowest BCUT2D eigenvalue weighted by molar-refractivity contribution is 0.122. The molecule has 0 spiro atoms. The van der Waals surface area contributed by atoms with Crippen LogP contribution < -0.4 is 10.5 Å². The third kappa shape index (κ3) is 3.53. The van der Waals surface area contributed by atoms with Crippen LogP contribution in [0, 0.1) is 6.92 Å². The highest BCUT2D eigenvalue weighted by Crippen LogP contribution is 2.21. The minimum atomic E-state index is -0.447. The van der Waals surface area contributed by atoms with Crippen LogP contribution in [0.5, 0.6) is 5.75 Å². The Labute approximate surface area is 90.9 Å². The van der Waals surface area contributed by atoms with Gasteiger partial charge in [-0.1, -0.05) is 12.1 Å². The molecule has 0 fully saturated rings. The Hall–Kier alpha value is -1.06. The second kappa shape index (κ2) is 5.14. The molecule has 0 saturated carbocycles. The lowest BCUT2D eigenvalue weighted by Gasteiger charge is -2.13. The summed E-state index contributed by atoms with van der Waals surface area (Å²) in [5.74, 6) is 0.806. The fraction of sp³-hybridized carbons (Fsp3) is 0.500. The van der Waals surface area contributed by atoms with E-state index in [2.05, 4.69) is 0 Å². The van der Waals surface area contributed by atoms with Crippen molar-refractivity contribution in [1.82, 2.24) is 0 Å². The minimum absolute atomic E-state index is 0.0366. The molecule has 0 aromatic heterocycles. The van der Waals surface area contributed by atoms with Crippen LogP contribution in [0.25, 0.3) is 0 Å². The largest absolute Gasteiger partial charge is 0.491 e. The zero-order valence-corrected chi connectivity index (χ0v) is 9.53. The summed E-state index contributed by atoms with van der Waals surface area (Å²) < 4.78 is 5.44. The van der Waals surface area contributed by atoms with E-state index in [1.807, 2.05) is 32.0 Å². The molecule has 0 aliphatic rings. The van der Waals surface area contributed by atoms with E-state index in [0.717, 1.165) is 16.9 Å². The molecule has 0 heterocycles. The number of aliphatic hydroxyl groups is 1. The standard InChI is InChI=1S/C12H19NO2/c1-8-6-11(10(3)13)4-5-12(8)15-7-9(2)14/h4-6,9-10,14H,7,13H2,1-3H3/t9?,10-/m1/s1. The van der Waals surface area contributed by atoms with Gasteiger partial charge in [0, 0.05) is 6.04 Å². The topological polar surface area (TPSA) is 55.5 Å². The molecule has 1 unspecified atom stereocenters. The summed E-state index contributed by atoms with van der Waals surface area (Å²) in [6.07, 6.45) is -0.447. The first-order chi connectivity index (χ1) is 7.00. The van der Waals surface area contributed by atoms with Crippen molar-refractivity contribution in [3.8, 4) is 5.75 Å². The maximum atomic E-state index is 9.10. The molecule has 1 aromatic rings. The summed E-state index contributed by atoms with van der Waals surface area (Å²) in [7, 11) is 0. The number of hydrogen-bond donors (Lipinski definition) is 2. The molecule has 1 rings (SSSR count). The van der Waals surface area contributed by atoms with Crippen molar-refractivity contribution in [3.05, 3.63) is 29.3 Å². The molecule has 3 heteroatoms. The van der Waals surface area contributed by atoms with E-state index < -0.39 is 6.10 Å². The smallest absolute Gasteiger partial charge is 0.122 e. The first kappa shape index (κ1) is 12.0. The Morgan fingerprint density at radius 2 is 2.07 bits per heavy atom. The summed E-state index contributed by atoms with van der Waals surface area (Å²) in [6, 6.07) is 5.91. The van der Waals surface area contributed by atoms with E-state index in [4.69, 9.17) is 15.6 Å². The van der Waals surface area contributed by atoms with Gasteiger partial charge < -0.3 is 15.6 Å². The number of aryl methyl sites for hydroxylation is 1. The van der Waals surface area contributed by atoms with Crippen LogP contribution in [-0.4, -0.2) is 17.8 Å². The number of hydrogen-bond acceptors (Lipinski definition) is 3. The average Bonchev–Trinajstić information content (AvgIpc) is 2.15. The van der Waals surface area contributed by atoms with E-state index >= 15 is 0 Å². The highest BCUT2D eigenvalue weighted by Gasteiger charge is 2.05. The summed E-state index contributed by atoms with van der Waals surface area (Å²) in [5.41, 5.74) is 7.92. The second-order valence-electron chi connectivity index (χ2n) is 3.97. The summed E-state index contributed by atoms with van der Waals surface area (Å²) in [5, 5.41) is 9.10. The molecule has 3 nitrogen and oxygen atoms in total. The van der Waals surface area contributed by atoms with Crippen molar-refractivity contribution in [2.24, 2.45) is 5.73 Å². The SMILES string of the molecule is Cc1cc([C@@H](C)N)ccc1OCC(C)O. The van der Waals surface area contributed by atoms with Gasteiger partial charge in [-0.15, -0.1) is 0 Å². The first-order valence-electron chi connectivity index (χ1n) is 5.17.